The number of hydrogen-bond acceptors (Lipinski definition) is 0. The first-order valence-corrected chi connectivity index (χ1v) is 4.98. The van der Waals surface area contributed by atoms with E-state index in [9.17, 15) is 0 Å². The maximum Gasteiger partial charge on any atom is -0.00932 e. The number of fused-ring (bicyclic) bond motifs is 2. The van der Waals surface area contributed by atoms with Crippen LogP contribution in [-0.4, -0.2) is 0 Å². The highest BCUT2D eigenvalue weighted by Crippen LogP contribution is 2.46. The molecule has 14 heavy (non-hydrogen) atoms. The lowest BCUT2D eigenvalue weighted by molar-refractivity contribution is 1.42. The molecule has 0 N–H and O–H groups in total. The van der Waals surface area contributed by atoms with Crippen molar-refractivity contribution >= 4 is 16.3 Å². The van der Waals surface area contributed by atoms with Gasteiger partial charge in [-0.3, -0.25) is 0 Å². The highest BCUT2D eigenvalue weighted by atomic mass is 14.3. The number of benzene rings is 2. The molecule has 0 unspecified atom stereocenters. The molecule has 0 aromatic heterocycles. The van der Waals surface area contributed by atoms with Crippen LogP contribution in [-0.2, 0) is 0 Å². The molecule has 0 saturated heterocycles. The number of hydrogen-bond donors (Lipinski definition) is 0. The van der Waals surface area contributed by atoms with E-state index in [1.54, 1.807) is 0 Å². The van der Waals surface area contributed by atoms with Crippen LogP contribution in [0.3, 0.4) is 0 Å². The molecule has 0 fully saturated rings. The third-order valence-corrected chi connectivity index (χ3v) is 2.86. The molecule has 0 atom stereocenters. The predicted molar refractivity (Wildman–Crippen MR) is 61.3 cm³/mol. The largest absolute Gasteiger partial charge is 0.0679 e. The lowest BCUT2D eigenvalue weighted by Crippen LogP contribution is -1.67. The van der Waals surface area contributed by atoms with Gasteiger partial charge in [0.05, 0.1) is 0 Å². The maximum atomic E-state index is 2.30. The molecule has 0 heterocycles. The molecule has 0 amide bonds. The Labute approximate surface area is 83.9 Å². The molecule has 2 aromatic carbocycles. The van der Waals surface area contributed by atoms with Gasteiger partial charge in [-0.05, 0) is 53.5 Å². The van der Waals surface area contributed by atoms with Gasteiger partial charge in [0.1, 0.15) is 0 Å². The van der Waals surface area contributed by atoms with E-state index in [-0.39, 0.29) is 0 Å². The van der Waals surface area contributed by atoms with Crippen molar-refractivity contribution in [2.45, 2.75) is 13.8 Å². The Bertz CT molecular complexity index is 511. The van der Waals surface area contributed by atoms with E-state index in [2.05, 4.69) is 50.2 Å². The van der Waals surface area contributed by atoms with Crippen LogP contribution in [0.15, 0.2) is 42.0 Å². The van der Waals surface area contributed by atoms with E-state index < -0.39 is 0 Å². The summed E-state index contributed by atoms with van der Waals surface area (Å²) < 4.78 is 0. The topological polar surface area (TPSA) is 0 Å². The molecule has 68 valence electrons. The van der Waals surface area contributed by atoms with E-state index in [1.807, 2.05) is 0 Å². The molecular formula is C14H12. The third-order valence-electron chi connectivity index (χ3n) is 2.86. The highest BCUT2D eigenvalue weighted by Gasteiger charge is 2.25. The molecule has 0 aliphatic heterocycles. The van der Waals surface area contributed by atoms with Gasteiger partial charge in [-0.2, -0.15) is 0 Å². The maximum absolute atomic E-state index is 2.30. The van der Waals surface area contributed by atoms with Crippen LogP contribution < -0.4 is 0 Å². The molecule has 1 aliphatic carbocycles. The quantitative estimate of drug-likeness (QED) is 0.490. The fourth-order valence-corrected chi connectivity index (χ4v) is 2.14. The Balaban J connectivity index is 2.33. The number of rotatable bonds is 0. The Morgan fingerprint density at radius 1 is 0.857 bits per heavy atom. The molecular weight excluding hydrogens is 168 g/mol. The number of allylic oxidation sites excluding steroid dienone is 1. The van der Waals surface area contributed by atoms with E-state index >= 15 is 0 Å². The molecule has 0 heteroatoms. The Morgan fingerprint density at radius 2 is 1.36 bits per heavy atom. The first-order valence-electron chi connectivity index (χ1n) is 4.98. The smallest absolute Gasteiger partial charge is 0.00932 e. The van der Waals surface area contributed by atoms with Crippen molar-refractivity contribution in [1.29, 1.82) is 0 Å². The molecule has 0 bridgehead atoms. The fourth-order valence-electron chi connectivity index (χ4n) is 2.14. The molecule has 3 rings (SSSR count). The lowest BCUT2D eigenvalue weighted by Gasteiger charge is -1.91. The van der Waals surface area contributed by atoms with Crippen molar-refractivity contribution in [3.8, 4) is 0 Å². The minimum absolute atomic E-state index is 1.35. The zero-order valence-corrected chi connectivity index (χ0v) is 8.46. The van der Waals surface area contributed by atoms with Gasteiger partial charge in [0.15, 0.2) is 0 Å². The standard InChI is InChI=1S/C14H12/c1-9(2)14-12-7-10-5-3-4-6-11(10)8-13(12)14/h3-8H,1-2H3. The Morgan fingerprint density at radius 3 is 1.79 bits per heavy atom. The van der Waals surface area contributed by atoms with Crippen molar-refractivity contribution < 1.29 is 0 Å². The van der Waals surface area contributed by atoms with Crippen LogP contribution in [0.25, 0.3) is 16.3 Å². The van der Waals surface area contributed by atoms with Crippen molar-refractivity contribution in [3.05, 3.63) is 53.1 Å². The molecule has 0 nitrogen and oxygen atoms in total. The first-order chi connectivity index (χ1) is 6.77. The van der Waals surface area contributed by atoms with Crippen LogP contribution in [0.4, 0.5) is 0 Å². The summed E-state index contributed by atoms with van der Waals surface area (Å²) in [7, 11) is 0. The van der Waals surface area contributed by atoms with Crippen LogP contribution >= 0.6 is 0 Å². The normalized spacial score (nSPS) is 12.9. The summed E-state index contributed by atoms with van der Waals surface area (Å²) in [5, 5.41) is 2.70. The second-order valence-corrected chi connectivity index (χ2v) is 4.12. The van der Waals surface area contributed by atoms with Gasteiger partial charge in [-0.25, -0.2) is 0 Å². The van der Waals surface area contributed by atoms with Crippen molar-refractivity contribution in [3.63, 3.8) is 0 Å². The molecule has 0 saturated carbocycles. The average molecular weight is 180 g/mol. The van der Waals surface area contributed by atoms with Crippen LogP contribution in [0.2, 0.25) is 0 Å². The van der Waals surface area contributed by atoms with Gasteiger partial charge in [-0.1, -0.05) is 29.8 Å². The molecule has 0 radical (unpaired) electrons. The summed E-state index contributed by atoms with van der Waals surface area (Å²) in [6.07, 6.45) is 0. The van der Waals surface area contributed by atoms with Gasteiger partial charge in [0.25, 0.3) is 0 Å². The zero-order chi connectivity index (χ0) is 9.71. The van der Waals surface area contributed by atoms with Crippen molar-refractivity contribution in [1.82, 2.24) is 0 Å². The van der Waals surface area contributed by atoms with Crippen molar-refractivity contribution in [2.75, 3.05) is 0 Å². The van der Waals surface area contributed by atoms with Gasteiger partial charge in [0.2, 0.25) is 0 Å². The summed E-state index contributed by atoms with van der Waals surface area (Å²) in [6, 6.07) is 13.1. The predicted octanol–water partition coefficient (Wildman–Crippen LogP) is 3.99. The molecule has 0 spiro atoms. The van der Waals surface area contributed by atoms with Gasteiger partial charge in [-0.15, -0.1) is 0 Å². The first kappa shape index (κ1) is 7.81. The Hall–Kier alpha value is -1.56. The molecule has 2 aromatic rings. The second kappa shape index (κ2) is 2.48. The lowest BCUT2D eigenvalue weighted by atomic mass is 10.1. The summed E-state index contributed by atoms with van der Waals surface area (Å²) in [6.45, 7) is 4.36. The van der Waals surface area contributed by atoms with Gasteiger partial charge >= 0.3 is 0 Å². The average Bonchev–Trinajstić information content (AvgIpc) is 2.86. The van der Waals surface area contributed by atoms with E-state index in [1.165, 1.54) is 33.0 Å². The monoisotopic (exact) mass is 180 g/mol. The fraction of sp³-hybridized carbons (Fsp3) is 0.143. The van der Waals surface area contributed by atoms with Crippen LogP contribution in [0.5, 0.6) is 0 Å². The van der Waals surface area contributed by atoms with Crippen LogP contribution in [0.1, 0.15) is 25.0 Å². The minimum atomic E-state index is 1.35. The van der Waals surface area contributed by atoms with Crippen LogP contribution in [0, 0.1) is 0 Å². The van der Waals surface area contributed by atoms with E-state index in [0.29, 0.717) is 0 Å². The highest BCUT2D eigenvalue weighted by molar-refractivity contribution is 6.07. The van der Waals surface area contributed by atoms with Gasteiger partial charge < -0.3 is 0 Å². The van der Waals surface area contributed by atoms with Crippen molar-refractivity contribution in [2.24, 2.45) is 0 Å². The van der Waals surface area contributed by atoms with E-state index in [4.69, 9.17) is 0 Å². The minimum Gasteiger partial charge on any atom is -0.0679 e. The summed E-state index contributed by atoms with van der Waals surface area (Å²) in [5.41, 5.74) is 5.80. The second-order valence-electron chi connectivity index (χ2n) is 4.12. The third kappa shape index (κ3) is 0.941. The van der Waals surface area contributed by atoms with E-state index in [0.717, 1.165) is 0 Å². The SMILES string of the molecule is CC(C)=C1c2cc3ccccc3cc21. The zero-order valence-electron chi connectivity index (χ0n) is 8.46. The Kier molecular flexibility index (Phi) is 1.38. The molecule has 1 aliphatic rings. The summed E-state index contributed by atoms with van der Waals surface area (Å²) in [5.74, 6) is 0. The summed E-state index contributed by atoms with van der Waals surface area (Å²) in [4.78, 5) is 0. The summed E-state index contributed by atoms with van der Waals surface area (Å²) >= 11 is 0. The van der Waals surface area contributed by atoms with Gasteiger partial charge in [0, 0.05) is 0 Å².